The largest absolute Gasteiger partial charge is 0.497 e. The summed E-state index contributed by atoms with van der Waals surface area (Å²) in [5.41, 5.74) is 8.23. The van der Waals surface area contributed by atoms with E-state index in [0.29, 0.717) is 13.0 Å². The van der Waals surface area contributed by atoms with Crippen LogP contribution in [0.3, 0.4) is 0 Å². The van der Waals surface area contributed by atoms with Crippen LogP contribution in [-0.4, -0.2) is 25.6 Å². The van der Waals surface area contributed by atoms with Gasteiger partial charge in [0.25, 0.3) is 0 Å². The maximum atomic E-state index is 12.0. The van der Waals surface area contributed by atoms with Crippen molar-refractivity contribution in [3.63, 3.8) is 0 Å². The molecule has 0 aliphatic rings. The second-order valence-corrected chi connectivity index (χ2v) is 5.54. The van der Waals surface area contributed by atoms with Crippen LogP contribution in [0.25, 0.3) is 0 Å². The lowest BCUT2D eigenvalue weighted by molar-refractivity contribution is -0.122. The molecule has 0 saturated carbocycles. The Hall–Kier alpha value is -2.33. The molecule has 0 bridgehead atoms. The van der Waals surface area contributed by atoms with Crippen molar-refractivity contribution in [2.24, 2.45) is 5.73 Å². The Balaban J connectivity index is 1.69. The molecule has 0 heterocycles. The van der Waals surface area contributed by atoms with Gasteiger partial charge in [0.15, 0.2) is 0 Å². The lowest BCUT2D eigenvalue weighted by atomic mass is 10.1. The number of carbonyl (C=O) groups excluding carboxylic acids is 1. The van der Waals surface area contributed by atoms with Gasteiger partial charge in [-0.3, -0.25) is 4.79 Å². The van der Waals surface area contributed by atoms with Crippen LogP contribution >= 0.6 is 0 Å². The van der Waals surface area contributed by atoms with E-state index in [2.05, 4.69) is 11.4 Å². The first-order valence-corrected chi connectivity index (χ1v) is 7.89. The SMILES string of the molecule is COc1cccc(CCCNC(=O)[C@@H](N)Cc2ccccc2)c1. The van der Waals surface area contributed by atoms with Gasteiger partial charge in [0.2, 0.25) is 5.91 Å². The predicted octanol–water partition coefficient (Wildman–Crippen LogP) is 2.31. The number of benzene rings is 2. The summed E-state index contributed by atoms with van der Waals surface area (Å²) < 4.78 is 5.20. The van der Waals surface area contributed by atoms with Crippen molar-refractivity contribution in [1.29, 1.82) is 0 Å². The van der Waals surface area contributed by atoms with Gasteiger partial charge in [-0.25, -0.2) is 0 Å². The predicted molar refractivity (Wildman–Crippen MR) is 92.4 cm³/mol. The fraction of sp³-hybridized carbons (Fsp3) is 0.316. The molecule has 2 aromatic carbocycles. The first-order valence-electron chi connectivity index (χ1n) is 7.89. The van der Waals surface area contributed by atoms with Crippen LogP contribution < -0.4 is 15.8 Å². The molecule has 0 unspecified atom stereocenters. The molecule has 122 valence electrons. The molecule has 0 fully saturated rings. The number of hydrogen-bond acceptors (Lipinski definition) is 3. The lowest BCUT2D eigenvalue weighted by Crippen LogP contribution is -2.42. The van der Waals surface area contributed by atoms with E-state index in [0.717, 1.165) is 24.2 Å². The van der Waals surface area contributed by atoms with Gasteiger partial charge in [-0.15, -0.1) is 0 Å². The monoisotopic (exact) mass is 312 g/mol. The van der Waals surface area contributed by atoms with Crippen LogP contribution in [-0.2, 0) is 17.6 Å². The Kier molecular flexibility index (Phi) is 6.63. The Bertz CT molecular complexity index is 614. The zero-order valence-electron chi connectivity index (χ0n) is 13.5. The molecule has 3 N–H and O–H groups in total. The van der Waals surface area contributed by atoms with Crippen LogP contribution in [0, 0.1) is 0 Å². The molecular formula is C19H24N2O2. The van der Waals surface area contributed by atoms with E-state index in [1.807, 2.05) is 48.5 Å². The molecule has 0 radical (unpaired) electrons. The van der Waals surface area contributed by atoms with Crippen molar-refractivity contribution in [3.05, 3.63) is 65.7 Å². The Labute approximate surface area is 137 Å². The second-order valence-electron chi connectivity index (χ2n) is 5.54. The minimum atomic E-state index is -0.505. The van der Waals surface area contributed by atoms with Crippen LogP contribution in [0.4, 0.5) is 0 Å². The van der Waals surface area contributed by atoms with E-state index in [1.54, 1.807) is 7.11 Å². The first kappa shape index (κ1) is 17.0. The number of nitrogens with one attached hydrogen (secondary N) is 1. The number of methoxy groups -OCH3 is 1. The van der Waals surface area contributed by atoms with Crippen molar-refractivity contribution in [2.75, 3.05) is 13.7 Å². The summed E-state index contributed by atoms with van der Waals surface area (Å²) in [4.78, 5) is 12.0. The molecule has 4 nitrogen and oxygen atoms in total. The highest BCUT2D eigenvalue weighted by molar-refractivity contribution is 5.81. The highest BCUT2D eigenvalue weighted by atomic mass is 16.5. The van der Waals surface area contributed by atoms with E-state index in [9.17, 15) is 4.79 Å². The van der Waals surface area contributed by atoms with Gasteiger partial charge in [0, 0.05) is 6.54 Å². The highest BCUT2D eigenvalue weighted by Gasteiger charge is 2.13. The van der Waals surface area contributed by atoms with Crippen molar-refractivity contribution in [2.45, 2.75) is 25.3 Å². The highest BCUT2D eigenvalue weighted by Crippen LogP contribution is 2.13. The summed E-state index contributed by atoms with van der Waals surface area (Å²) >= 11 is 0. The van der Waals surface area contributed by atoms with Crippen LogP contribution in [0.2, 0.25) is 0 Å². The molecule has 2 rings (SSSR count). The zero-order chi connectivity index (χ0) is 16.5. The molecule has 2 aromatic rings. The summed E-state index contributed by atoms with van der Waals surface area (Å²) in [6, 6.07) is 17.3. The van der Waals surface area contributed by atoms with Crippen molar-refractivity contribution in [3.8, 4) is 5.75 Å². The molecule has 0 aromatic heterocycles. The van der Waals surface area contributed by atoms with Gasteiger partial charge < -0.3 is 15.8 Å². The second kappa shape index (κ2) is 8.96. The normalized spacial score (nSPS) is 11.7. The summed E-state index contributed by atoms with van der Waals surface area (Å²) in [5.74, 6) is 0.760. The van der Waals surface area contributed by atoms with Crippen molar-refractivity contribution < 1.29 is 9.53 Å². The number of ether oxygens (including phenoxy) is 1. The minimum Gasteiger partial charge on any atom is -0.497 e. The Morgan fingerprint density at radius 1 is 1.13 bits per heavy atom. The molecule has 0 saturated heterocycles. The van der Waals surface area contributed by atoms with Gasteiger partial charge in [0.05, 0.1) is 13.2 Å². The molecule has 0 aliphatic heterocycles. The van der Waals surface area contributed by atoms with Gasteiger partial charge >= 0.3 is 0 Å². The topological polar surface area (TPSA) is 64.3 Å². The van der Waals surface area contributed by atoms with Crippen LogP contribution in [0.15, 0.2) is 54.6 Å². The number of rotatable bonds is 8. The quantitative estimate of drug-likeness (QED) is 0.735. The molecule has 0 spiro atoms. The molecule has 1 amide bonds. The number of nitrogens with two attached hydrogens (primary N) is 1. The van der Waals surface area contributed by atoms with Gasteiger partial charge in [0.1, 0.15) is 5.75 Å². The van der Waals surface area contributed by atoms with E-state index in [1.165, 1.54) is 5.56 Å². The van der Waals surface area contributed by atoms with E-state index >= 15 is 0 Å². The van der Waals surface area contributed by atoms with Gasteiger partial charge in [-0.1, -0.05) is 42.5 Å². The average Bonchev–Trinajstić information content (AvgIpc) is 2.59. The molecule has 0 aliphatic carbocycles. The molecular weight excluding hydrogens is 288 g/mol. The molecule has 23 heavy (non-hydrogen) atoms. The molecule has 4 heteroatoms. The third-order valence-corrected chi connectivity index (χ3v) is 3.71. The van der Waals surface area contributed by atoms with Crippen molar-refractivity contribution >= 4 is 5.91 Å². The van der Waals surface area contributed by atoms with Crippen LogP contribution in [0.5, 0.6) is 5.75 Å². The third kappa shape index (κ3) is 5.75. The van der Waals surface area contributed by atoms with Gasteiger partial charge in [-0.05, 0) is 42.5 Å². The average molecular weight is 312 g/mol. The van der Waals surface area contributed by atoms with E-state index < -0.39 is 6.04 Å². The number of hydrogen-bond donors (Lipinski definition) is 2. The summed E-state index contributed by atoms with van der Waals surface area (Å²) in [5, 5.41) is 2.91. The lowest BCUT2D eigenvalue weighted by Gasteiger charge is -2.12. The Morgan fingerprint density at radius 2 is 1.87 bits per heavy atom. The standard InChI is InChI=1S/C19H24N2O2/c1-23-17-11-5-9-15(13-17)10-6-12-21-19(22)18(20)14-16-7-3-2-4-8-16/h2-5,7-9,11,13,18H,6,10,12,14,20H2,1H3,(H,21,22)/t18-/m0/s1. The van der Waals surface area contributed by atoms with Crippen LogP contribution in [0.1, 0.15) is 17.5 Å². The number of carbonyl (C=O) groups is 1. The number of aryl methyl sites for hydroxylation is 1. The van der Waals surface area contributed by atoms with Gasteiger partial charge in [-0.2, -0.15) is 0 Å². The van der Waals surface area contributed by atoms with E-state index in [4.69, 9.17) is 10.5 Å². The summed E-state index contributed by atoms with van der Waals surface area (Å²) in [7, 11) is 1.66. The Morgan fingerprint density at radius 3 is 2.61 bits per heavy atom. The smallest absolute Gasteiger partial charge is 0.237 e. The number of amides is 1. The molecule has 1 atom stereocenters. The minimum absolute atomic E-state index is 0.0977. The maximum absolute atomic E-state index is 12.0. The maximum Gasteiger partial charge on any atom is 0.237 e. The zero-order valence-corrected chi connectivity index (χ0v) is 13.5. The fourth-order valence-corrected chi connectivity index (χ4v) is 2.42. The summed E-state index contributed by atoms with van der Waals surface area (Å²) in [6.07, 6.45) is 2.32. The summed E-state index contributed by atoms with van der Waals surface area (Å²) in [6.45, 7) is 0.624. The van der Waals surface area contributed by atoms with Crippen molar-refractivity contribution in [1.82, 2.24) is 5.32 Å². The first-order chi connectivity index (χ1) is 11.2. The third-order valence-electron chi connectivity index (χ3n) is 3.71. The fourth-order valence-electron chi connectivity index (χ4n) is 2.42. The van der Waals surface area contributed by atoms with E-state index in [-0.39, 0.29) is 5.91 Å².